The van der Waals surface area contributed by atoms with Crippen molar-refractivity contribution in [2.45, 2.75) is 79.2 Å². The zero-order chi connectivity index (χ0) is 36.9. The number of benzene rings is 1. The highest BCUT2D eigenvalue weighted by Gasteiger charge is 2.29. The fourth-order valence-electron chi connectivity index (χ4n) is 5.30. The van der Waals surface area contributed by atoms with Crippen molar-refractivity contribution in [3.8, 4) is 16.9 Å². The second-order valence-corrected chi connectivity index (χ2v) is 15.0. The molecule has 272 valence electrons. The summed E-state index contributed by atoms with van der Waals surface area (Å²) in [7, 11) is -2.51. The number of hydrogen-bond acceptors (Lipinski definition) is 11. The van der Waals surface area contributed by atoms with Gasteiger partial charge < -0.3 is 14.4 Å². The van der Waals surface area contributed by atoms with Crippen molar-refractivity contribution >= 4 is 30.1 Å². The minimum absolute atomic E-state index is 0.00264. The van der Waals surface area contributed by atoms with Gasteiger partial charge in [0.25, 0.3) is 11.1 Å². The molecular formula is C36H44FN6O7P. The van der Waals surface area contributed by atoms with Gasteiger partial charge in [-0.25, -0.2) is 13.9 Å². The molecule has 0 aliphatic heterocycles. The molecule has 4 heterocycles. The van der Waals surface area contributed by atoms with Gasteiger partial charge in [-0.1, -0.05) is 52.6 Å². The van der Waals surface area contributed by atoms with Crippen LogP contribution < -0.4 is 16.4 Å². The molecule has 13 nitrogen and oxygen atoms in total. The normalized spacial score (nSPS) is 12.2. The first kappa shape index (κ1) is 37.8. The summed E-state index contributed by atoms with van der Waals surface area (Å²) >= 11 is 0. The van der Waals surface area contributed by atoms with Gasteiger partial charge in [-0.3, -0.25) is 23.2 Å². The molecule has 0 aliphatic carbocycles. The molecule has 5 rings (SSSR count). The van der Waals surface area contributed by atoms with E-state index in [9.17, 15) is 14.2 Å². The average Bonchev–Trinajstić information content (AvgIpc) is 3.49. The van der Waals surface area contributed by atoms with E-state index < -0.39 is 25.8 Å². The summed E-state index contributed by atoms with van der Waals surface area (Å²) < 4.78 is 54.4. The third kappa shape index (κ3) is 8.70. The smallest absolute Gasteiger partial charge is 0.360 e. The molecule has 51 heavy (non-hydrogen) atoms. The van der Waals surface area contributed by atoms with Crippen molar-refractivity contribution in [3.63, 3.8) is 0 Å². The summed E-state index contributed by atoms with van der Waals surface area (Å²) in [6, 6.07) is 8.02. The summed E-state index contributed by atoms with van der Waals surface area (Å²) in [6.45, 7) is 11.4. The van der Waals surface area contributed by atoms with Crippen LogP contribution >= 0.6 is 7.82 Å². The minimum Gasteiger partial charge on any atom is -0.360 e. The molecule has 0 atom stereocenters. The maximum absolute atomic E-state index is 15.7. The molecule has 4 aromatic heterocycles. The molecule has 0 saturated heterocycles. The maximum Gasteiger partial charge on any atom is 0.475 e. The molecule has 1 aromatic carbocycles. The Morgan fingerprint density at radius 1 is 1.00 bits per heavy atom. The molecule has 0 aliphatic rings. The van der Waals surface area contributed by atoms with E-state index in [2.05, 4.69) is 20.6 Å². The van der Waals surface area contributed by atoms with Gasteiger partial charge in [0.2, 0.25) is 0 Å². The SMILES string of the molecule is CCCCOP(=O)(OCCCC)OCc1c(-c2cc(Nc3cc(C)on3)c(=O)n(C)c2)ccnc1-n1ncc2cc(C(C)(C)C)cc(F)c2c1=O. The highest BCUT2D eigenvalue weighted by atomic mass is 31.2. The van der Waals surface area contributed by atoms with Crippen molar-refractivity contribution in [2.24, 2.45) is 7.05 Å². The van der Waals surface area contributed by atoms with E-state index in [4.69, 9.17) is 18.1 Å². The highest BCUT2D eigenvalue weighted by molar-refractivity contribution is 7.48. The van der Waals surface area contributed by atoms with Crippen molar-refractivity contribution in [2.75, 3.05) is 18.5 Å². The summed E-state index contributed by atoms with van der Waals surface area (Å²) in [6.07, 6.45) is 7.33. The van der Waals surface area contributed by atoms with Crippen LogP contribution in [0.3, 0.4) is 0 Å². The Balaban J connectivity index is 1.68. The Labute approximate surface area is 295 Å². The molecule has 0 bridgehead atoms. The van der Waals surface area contributed by atoms with E-state index in [-0.39, 0.29) is 46.6 Å². The highest BCUT2D eigenvalue weighted by Crippen LogP contribution is 2.51. The molecular weight excluding hydrogens is 678 g/mol. The fourth-order valence-corrected chi connectivity index (χ4v) is 6.52. The Kier molecular flexibility index (Phi) is 11.7. The molecule has 1 N–H and O–H groups in total. The lowest BCUT2D eigenvalue weighted by Crippen LogP contribution is -2.25. The number of halogens is 1. The molecule has 5 aromatic rings. The summed E-state index contributed by atoms with van der Waals surface area (Å²) in [5, 5.41) is 11.5. The van der Waals surface area contributed by atoms with Gasteiger partial charge in [0.1, 0.15) is 17.3 Å². The number of unbranched alkanes of at least 4 members (excludes halogenated alkanes) is 2. The fraction of sp³-hybridized carbons (Fsp3) is 0.417. The van der Waals surface area contributed by atoms with Gasteiger partial charge in [-0.15, -0.1) is 0 Å². The van der Waals surface area contributed by atoms with Gasteiger partial charge in [0.15, 0.2) is 11.6 Å². The van der Waals surface area contributed by atoms with Gasteiger partial charge >= 0.3 is 7.82 Å². The largest absolute Gasteiger partial charge is 0.475 e. The number of pyridine rings is 2. The lowest BCUT2D eigenvalue weighted by molar-refractivity contribution is 0.106. The topological polar surface area (TPSA) is 153 Å². The number of aryl methyl sites for hydroxylation is 2. The number of fused-ring (bicyclic) bond motifs is 1. The molecule has 0 spiro atoms. The van der Waals surface area contributed by atoms with Crippen molar-refractivity contribution in [1.82, 2.24) is 24.5 Å². The molecule has 0 radical (unpaired) electrons. The zero-order valence-corrected chi connectivity index (χ0v) is 30.9. The van der Waals surface area contributed by atoms with Gasteiger partial charge in [0, 0.05) is 42.0 Å². The number of phosphoric ester groups is 1. The quantitative estimate of drug-likeness (QED) is 0.0830. The van der Waals surface area contributed by atoms with Crippen LogP contribution in [0.15, 0.2) is 63.0 Å². The third-order valence-electron chi connectivity index (χ3n) is 8.19. The summed E-state index contributed by atoms with van der Waals surface area (Å²) in [5.41, 5.74) is 0.659. The number of rotatable bonds is 15. The number of hydrogen-bond donors (Lipinski definition) is 1. The van der Waals surface area contributed by atoms with Crippen LogP contribution in [0.4, 0.5) is 15.9 Å². The summed E-state index contributed by atoms with van der Waals surface area (Å²) in [5.74, 6) is 0.193. The standard InChI is InChI=1S/C36H44FN6O7P/c1-8-10-14-47-51(46,48-15-11-9-2)49-22-28-27(25-18-30(34(44)42(7)21-25)40-31-16-23(3)50-41-31)12-13-38-33(28)43-35(45)32-24(20-39-43)17-26(19-29(32)37)36(4,5)6/h12-13,16-21H,8-11,14-15,22H2,1-7H3,(H,40,41). The van der Waals surface area contributed by atoms with Crippen LogP contribution in [0, 0.1) is 12.7 Å². The van der Waals surface area contributed by atoms with E-state index in [0.29, 0.717) is 46.5 Å². The van der Waals surface area contributed by atoms with Gasteiger partial charge in [-0.05, 0) is 60.6 Å². The van der Waals surface area contributed by atoms with E-state index in [1.54, 1.807) is 44.4 Å². The summed E-state index contributed by atoms with van der Waals surface area (Å²) in [4.78, 5) is 31.7. The van der Waals surface area contributed by atoms with Crippen LogP contribution in [0.25, 0.3) is 27.7 Å². The van der Waals surface area contributed by atoms with Crippen LogP contribution in [0.1, 0.15) is 77.2 Å². The first-order chi connectivity index (χ1) is 24.2. The van der Waals surface area contributed by atoms with Crippen LogP contribution in [-0.4, -0.2) is 37.7 Å². The molecule has 0 saturated carbocycles. The Morgan fingerprint density at radius 2 is 1.71 bits per heavy atom. The van der Waals surface area contributed by atoms with Crippen molar-refractivity contribution < 1.29 is 27.0 Å². The zero-order valence-electron chi connectivity index (χ0n) is 30.0. The number of phosphoric acid groups is 1. The first-order valence-corrected chi connectivity index (χ1v) is 18.4. The Hall–Kier alpha value is -4.49. The molecule has 0 fully saturated rings. The van der Waals surface area contributed by atoms with Gasteiger partial charge in [0.05, 0.1) is 31.4 Å². The lowest BCUT2D eigenvalue weighted by atomic mass is 9.86. The van der Waals surface area contributed by atoms with Crippen LogP contribution in [0.5, 0.6) is 0 Å². The number of aromatic nitrogens is 5. The molecule has 0 amide bonds. The average molecular weight is 723 g/mol. The monoisotopic (exact) mass is 722 g/mol. The second kappa shape index (κ2) is 15.8. The lowest BCUT2D eigenvalue weighted by Gasteiger charge is -2.21. The van der Waals surface area contributed by atoms with Crippen LogP contribution in [-0.2, 0) is 37.2 Å². The number of anilines is 2. The van der Waals surface area contributed by atoms with E-state index in [1.807, 2.05) is 34.6 Å². The Morgan fingerprint density at radius 3 is 2.33 bits per heavy atom. The Bertz CT molecular complexity index is 2180. The predicted molar refractivity (Wildman–Crippen MR) is 193 cm³/mol. The number of nitrogens with one attached hydrogen (secondary N) is 1. The maximum atomic E-state index is 15.7. The number of nitrogens with zero attached hydrogens (tertiary/aromatic N) is 5. The van der Waals surface area contributed by atoms with E-state index in [1.165, 1.54) is 23.0 Å². The van der Waals surface area contributed by atoms with Crippen molar-refractivity contribution in [1.29, 1.82) is 0 Å². The van der Waals surface area contributed by atoms with E-state index >= 15 is 4.39 Å². The van der Waals surface area contributed by atoms with E-state index in [0.717, 1.165) is 17.5 Å². The van der Waals surface area contributed by atoms with Crippen LogP contribution in [0.2, 0.25) is 0 Å². The van der Waals surface area contributed by atoms with Crippen molar-refractivity contribution in [3.05, 3.63) is 92.3 Å². The third-order valence-corrected chi connectivity index (χ3v) is 9.63. The minimum atomic E-state index is -4.10. The second-order valence-electron chi connectivity index (χ2n) is 13.3. The predicted octanol–water partition coefficient (Wildman–Crippen LogP) is 7.88. The van der Waals surface area contributed by atoms with Gasteiger partial charge in [-0.2, -0.15) is 9.78 Å². The molecule has 0 unspecified atom stereocenters. The first-order valence-electron chi connectivity index (χ1n) is 16.9. The molecule has 15 heteroatoms.